The van der Waals surface area contributed by atoms with E-state index in [4.69, 9.17) is 0 Å². The molecule has 0 fully saturated rings. The molecule has 1 heterocycles. The molecular formula is C18H26N2O. The van der Waals surface area contributed by atoms with Crippen molar-refractivity contribution in [3.8, 4) is 0 Å². The first-order chi connectivity index (χ1) is 10.1. The molecular weight excluding hydrogens is 260 g/mol. The summed E-state index contributed by atoms with van der Waals surface area (Å²) in [6, 6.07) is 8.26. The van der Waals surface area contributed by atoms with Crippen LogP contribution in [0.2, 0.25) is 0 Å². The molecule has 1 N–H and O–H groups in total. The molecule has 0 bridgehead atoms. The lowest BCUT2D eigenvalue weighted by molar-refractivity contribution is 0.0640. The Kier molecular flexibility index (Phi) is 5.05. The number of benzene rings is 1. The summed E-state index contributed by atoms with van der Waals surface area (Å²) in [5.74, 6) is 0.623. The molecule has 0 saturated carbocycles. The number of carbonyl (C=O) groups excluding carboxylic acids is 1. The van der Waals surface area contributed by atoms with E-state index in [0.29, 0.717) is 12.0 Å². The maximum absolute atomic E-state index is 12.9. The summed E-state index contributed by atoms with van der Waals surface area (Å²) in [4.78, 5) is 18.1. The fraction of sp³-hybridized carbons (Fsp3) is 0.500. The van der Waals surface area contributed by atoms with Crippen molar-refractivity contribution in [3.63, 3.8) is 0 Å². The highest BCUT2D eigenvalue weighted by Crippen LogP contribution is 2.19. The zero-order chi connectivity index (χ0) is 15.4. The lowest BCUT2D eigenvalue weighted by atomic mass is 10.0. The van der Waals surface area contributed by atoms with Gasteiger partial charge in [0.15, 0.2) is 0 Å². The Bertz CT molecular complexity index is 596. The highest BCUT2D eigenvalue weighted by molar-refractivity contribution is 5.98. The zero-order valence-corrected chi connectivity index (χ0v) is 13.5. The van der Waals surface area contributed by atoms with Gasteiger partial charge in [-0.25, -0.2) is 0 Å². The molecule has 0 aliphatic heterocycles. The number of hydrogen-bond acceptors (Lipinski definition) is 1. The lowest BCUT2D eigenvalue weighted by Gasteiger charge is -2.32. The van der Waals surface area contributed by atoms with Crippen molar-refractivity contribution in [2.24, 2.45) is 5.92 Å². The minimum Gasteiger partial charge on any atom is -0.361 e. The van der Waals surface area contributed by atoms with Crippen LogP contribution in [0.4, 0.5) is 0 Å². The van der Waals surface area contributed by atoms with Crippen LogP contribution in [-0.4, -0.2) is 28.4 Å². The monoisotopic (exact) mass is 286 g/mol. The first kappa shape index (κ1) is 15.6. The SMILES string of the molecule is CCC(CC)N(CC(C)C)C(=O)c1ccc2cc[nH]c2c1. The van der Waals surface area contributed by atoms with Crippen molar-refractivity contribution in [1.29, 1.82) is 0 Å². The molecule has 1 aromatic carbocycles. The van der Waals surface area contributed by atoms with Gasteiger partial charge in [0.1, 0.15) is 0 Å². The third kappa shape index (κ3) is 3.46. The molecule has 0 radical (unpaired) electrons. The summed E-state index contributed by atoms with van der Waals surface area (Å²) in [6.45, 7) is 9.45. The fourth-order valence-corrected chi connectivity index (χ4v) is 2.87. The van der Waals surface area contributed by atoms with Crippen molar-refractivity contribution in [1.82, 2.24) is 9.88 Å². The standard InChI is InChI=1S/C18H26N2O/c1-5-16(6-2)20(12-13(3)4)18(21)15-8-7-14-9-10-19-17(14)11-15/h7-11,13,16,19H,5-6,12H2,1-4H3. The molecule has 2 aromatic rings. The zero-order valence-electron chi connectivity index (χ0n) is 13.5. The number of aromatic amines is 1. The van der Waals surface area contributed by atoms with E-state index in [0.717, 1.165) is 35.9 Å². The third-order valence-electron chi connectivity index (χ3n) is 4.01. The van der Waals surface area contributed by atoms with E-state index in [1.807, 2.05) is 30.5 Å². The van der Waals surface area contributed by atoms with Crippen LogP contribution in [0, 0.1) is 5.92 Å². The van der Waals surface area contributed by atoms with Crippen LogP contribution in [0.15, 0.2) is 30.5 Å². The summed E-state index contributed by atoms with van der Waals surface area (Å²) >= 11 is 0. The van der Waals surface area contributed by atoms with Crippen LogP contribution in [0.3, 0.4) is 0 Å². The number of rotatable bonds is 6. The molecule has 0 spiro atoms. The first-order valence-corrected chi connectivity index (χ1v) is 7.94. The second-order valence-corrected chi connectivity index (χ2v) is 6.10. The second kappa shape index (κ2) is 6.79. The van der Waals surface area contributed by atoms with Crippen molar-refractivity contribution in [3.05, 3.63) is 36.0 Å². The number of nitrogens with one attached hydrogen (secondary N) is 1. The minimum atomic E-state index is 0.147. The molecule has 0 aliphatic rings. The van der Waals surface area contributed by atoms with Gasteiger partial charge in [-0.3, -0.25) is 4.79 Å². The Labute approximate surface area is 127 Å². The van der Waals surface area contributed by atoms with Gasteiger partial charge in [0, 0.05) is 29.9 Å². The van der Waals surface area contributed by atoms with Crippen LogP contribution < -0.4 is 0 Å². The Hall–Kier alpha value is -1.77. The highest BCUT2D eigenvalue weighted by Gasteiger charge is 2.23. The van der Waals surface area contributed by atoms with Gasteiger partial charge in [0.25, 0.3) is 5.91 Å². The molecule has 3 heteroatoms. The molecule has 3 nitrogen and oxygen atoms in total. The van der Waals surface area contributed by atoms with E-state index >= 15 is 0 Å². The summed E-state index contributed by atoms with van der Waals surface area (Å²) in [6.07, 6.45) is 3.91. The number of hydrogen-bond donors (Lipinski definition) is 1. The van der Waals surface area contributed by atoms with E-state index in [1.165, 1.54) is 0 Å². The molecule has 1 amide bonds. The van der Waals surface area contributed by atoms with E-state index < -0.39 is 0 Å². The number of aromatic nitrogens is 1. The van der Waals surface area contributed by atoms with Crippen LogP contribution in [0.25, 0.3) is 10.9 Å². The molecule has 0 saturated heterocycles. The molecule has 114 valence electrons. The molecule has 1 aromatic heterocycles. The molecule has 0 aliphatic carbocycles. The van der Waals surface area contributed by atoms with E-state index in [1.54, 1.807) is 0 Å². The maximum Gasteiger partial charge on any atom is 0.254 e. The van der Waals surface area contributed by atoms with Crippen LogP contribution in [-0.2, 0) is 0 Å². The van der Waals surface area contributed by atoms with Crippen molar-refractivity contribution < 1.29 is 4.79 Å². The smallest absolute Gasteiger partial charge is 0.254 e. The lowest BCUT2D eigenvalue weighted by Crippen LogP contribution is -2.42. The quantitative estimate of drug-likeness (QED) is 0.836. The van der Waals surface area contributed by atoms with Gasteiger partial charge in [-0.05, 0) is 42.3 Å². The number of carbonyl (C=O) groups is 1. The Morgan fingerprint density at radius 1 is 1.19 bits per heavy atom. The topological polar surface area (TPSA) is 36.1 Å². The van der Waals surface area contributed by atoms with Gasteiger partial charge in [-0.1, -0.05) is 33.8 Å². The Balaban J connectivity index is 2.31. The second-order valence-electron chi connectivity index (χ2n) is 6.10. The van der Waals surface area contributed by atoms with Crippen molar-refractivity contribution >= 4 is 16.8 Å². The number of fused-ring (bicyclic) bond motifs is 1. The predicted molar refractivity (Wildman–Crippen MR) is 88.5 cm³/mol. The van der Waals surface area contributed by atoms with Crippen LogP contribution >= 0.6 is 0 Å². The third-order valence-corrected chi connectivity index (χ3v) is 4.01. The van der Waals surface area contributed by atoms with E-state index in [-0.39, 0.29) is 5.91 Å². The average Bonchev–Trinajstić information content (AvgIpc) is 2.93. The highest BCUT2D eigenvalue weighted by atomic mass is 16.2. The van der Waals surface area contributed by atoms with Crippen LogP contribution in [0.5, 0.6) is 0 Å². The van der Waals surface area contributed by atoms with Gasteiger partial charge in [0.2, 0.25) is 0 Å². The molecule has 0 unspecified atom stereocenters. The van der Waals surface area contributed by atoms with Gasteiger partial charge < -0.3 is 9.88 Å². The molecule has 2 rings (SSSR count). The summed E-state index contributed by atoms with van der Waals surface area (Å²) in [5.41, 5.74) is 1.80. The normalized spacial score (nSPS) is 11.5. The largest absolute Gasteiger partial charge is 0.361 e. The fourth-order valence-electron chi connectivity index (χ4n) is 2.87. The summed E-state index contributed by atoms with van der Waals surface area (Å²) in [7, 11) is 0. The van der Waals surface area contributed by atoms with Crippen molar-refractivity contribution in [2.45, 2.75) is 46.6 Å². The van der Waals surface area contributed by atoms with Gasteiger partial charge in [-0.2, -0.15) is 0 Å². The van der Waals surface area contributed by atoms with E-state index in [9.17, 15) is 4.79 Å². The predicted octanol–water partition coefficient (Wildman–Crippen LogP) is 4.45. The minimum absolute atomic E-state index is 0.147. The number of nitrogens with zero attached hydrogens (tertiary/aromatic N) is 1. The van der Waals surface area contributed by atoms with Gasteiger partial charge >= 0.3 is 0 Å². The van der Waals surface area contributed by atoms with E-state index in [2.05, 4.69) is 37.6 Å². The Morgan fingerprint density at radius 3 is 2.52 bits per heavy atom. The first-order valence-electron chi connectivity index (χ1n) is 7.94. The van der Waals surface area contributed by atoms with Crippen LogP contribution in [0.1, 0.15) is 50.9 Å². The molecule has 0 atom stereocenters. The number of H-pyrrole nitrogens is 1. The molecule has 21 heavy (non-hydrogen) atoms. The van der Waals surface area contributed by atoms with Gasteiger partial charge in [-0.15, -0.1) is 0 Å². The number of amides is 1. The summed E-state index contributed by atoms with van der Waals surface area (Å²) in [5, 5.41) is 1.14. The Morgan fingerprint density at radius 2 is 1.90 bits per heavy atom. The maximum atomic E-state index is 12.9. The summed E-state index contributed by atoms with van der Waals surface area (Å²) < 4.78 is 0. The average molecular weight is 286 g/mol. The van der Waals surface area contributed by atoms with Gasteiger partial charge in [0.05, 0.1) is 0 Å². The van der Waals surface area contributed by atoms with Crippen molar-refractivity contribution in [2.75, 3.05) is 6.54 Å².